The van der Waals surface area contributed by atoms with E-state index in [1.54, 1.807) is 13.0 Å². The lowest BCUT2D eigenvalue weighted by Gasteiger charge is -2.29. The number of fused-ring (bicyclic) bond motifs is 2. The minimum atomic E-state index is -3.80. The molecule has 21 heavy (non-hydrogen) atoms. The number of carbonyl (C=O) groups is 2. The third-order valence-corrected chi connectivity index (χ3v) is 3.92. The SMILES string of the molecule is CC1=C[C@@H]2CN(C(=O)N2O)[C@@H]1C(=O)NCCNS(N)(=O)=O. The zero-order valence-corrected chi connectivity index (χ0v) is 12.1. The molecule has 3 amide bonds. The fourth-order valence-corrected chi connectivity index (χ4v) is 2.82. The zero-order chi connectivity index (χ0) is 15.8. The minimum absolute atomic E-state index is 0.0351. The standard InChI is InChI=1S/C10H17N5O5S/c1-6-4-7-5-14(10(17)15(7)18)8(6)9(16)12-2-3-13-21(11,19)20/h4,7-8,13,18H,2-3,5H2,1H3,(H,12,16)(H2,11,19,20)/t7-,8+/m1/s1. The van der Waals surface area contributed by atoms with Gasteiger partial charge in [-0.15, -0.1) is 0 Å². The predicted octanol–water partition coefficient (Wildman–Crippen LogP) is -2.28. The summed E-state index contributed by atoms with van der Waals surface area (Å²) in [5.41, 5.74) is 0.646. The van der Waals surface area contributed by atoms with E-state index in [-0.39, 0.29) is 19.6 Å². The van der Waals surface area contributed by atoms with E-state index >= 15 is 0 Å². The van der Waals surface area contributed by atoms with Crippen LogP contribution in [-0.4, -0.2) is 67.2 Å². The molecule has 1 saturated heterocycles. The van der Waals surface area contributed by atoms with Gasteiger partial charge in [-0.3, -0.25) is 10.0 Å². The van der Waals surface area contributed by atoms with Crippen molar-refractivity contribution >= 4 is 22.1 Å². The van der Waals surface area contributed by atoms with Gasteiger partial charge in [0.2, 0.25) is 5.91 Å². The number of hydroxylamine groups is 2. The highest BCUT2D eigenvalue weighted by molar-refractivity contribution is 7.87. The quantitative estimate of drug-likeness (QED) is 0.256. The highest BCUT2D eigenvalue weighted by atomic mass is 32.2. The molecule has 0 saturated carbocycles. The van der Waals surface area contributed by atoms with Gasteiger partial charge in [0.1, 0.15) is 6.04 Å². The maximum absolute atomic E-state index is 12.1. The Bertz CT molecular complexity index is 589. The summed E-state index contributed by atoms with van der Waals surface area (Å²) in [5.74, 6) is -0.443. The van der Waals surface area contributed by atoms with Crippen molar-refractivity contribution in [2.75, 3.05) is 19.6 Å². The van der Waals surface area contributed by atoms with Gasteiger partial charge in [0.05, 0.1) is 12.6 Å². The molecule has 5 N–H and O–H groups in total. The van der Waals surface area contributed by atoms with E-state index in [2.05, 4.69) is 5.32 Å². The monoisotopic (exact) mass is 319 g/mol. The third-order valence-electron chi connectivity index (χ3n) is 3.31. The number of urea groups is 1. The smallest absolute Gasteiger partial charge is 0.345 e. The van der Waals surface area contributed by atoms with Gasteiger partial charge in [0, 0.05) is 13.1 Å². The van der Waals surface area contributed by atoms with E-state index in [4.69, 9.17) is 5.14 Å². The largest absolute Gasteiger partial charge is 0.353 e. The number of nitrogens with zero attached hydrogens (tertiary/aromatic N) is 2. The van der Waals surface area contributed by atoms with Crippen molar-refractivity contribution in [2.45, 2.75) is 19.0 Å². The average molecular weight is 319 g/mol. The van der Waals surface area contributed by atoms with Crippen LogP contribution in [0.5, 0.6) is 0 Å². The Morgan fingerprint density at radius 3 is 2.81 bits per heavy atom. The predicted molar refractivity (Wildman–Crippen MR) is 71.2 cm³/mol. The average Bonchev–Trinajstić information content (AvgIpc) is 2.59. The fraction of sp³-hybridized carbons (Fsp3) is 0.600. The molecule has 11 heteroatoms. The molecular formula is C10H17N5O5S. The number of hydrogen-bond acceptors (Lipinski definition) is 5. The van der Waals surface area contributed by atoms with Gasteiger partial charge in [0.15, 0.2) is 0 Å². The van der Waals surface area contributed by atoms with Crippen LogP contribution in [0, 0.1) is 0 Å². The Morgan fingerprint density at radius 2 is 2.19 bits per heavy atom. The lowest BCUT2D eigenvalue weighted by Crippen LogP contribution is -2.51. The lowest BCUT2D eigenvalue weighted by molar-refractivity contribution is -0.124. The minimum Gasteiger partial charge on any atom is -0.353 e. The maximum Gasteiger partial charge on any atom is 0.345 e. The van der Waals surface area contributed by atoms with E-state index in [1.165, 1.54) is 4.90 Å². The summed E-state index contributed by atoms with van der Waals surface area (Å²) in [6.07, 6.45) is 1.66. The maximum atomic E-state index is 12.1. The first-order valence-corrected chi connectivity index (χ1v) is 7.77. The molecule has 10 nitrogen and oxygen atoms in total. The second kappa shape index (κ2) is 5.60. The van der Waals surface area contributed by atoms with Crippen molar-refractivity contribution in [3.05, 3.63) is 11.6 Å². The van der Waals surface area contributed by atoms with E-state index < -0.39 is 34.2 Å². The molecule has 0 aromatic heterocycles. The molecule has 1 fully saturated rings. The van der Waals surface area contributed by atoms with Crippen LogP contribution in [-0.2, 0) is 15.0 Å². The molecular weight excluding hydrogens is 302 g/mol. The molecule has 0 aromatic rings. The first kappa shape index (κ1) is 15.7. The normalized spacial score (nSPS) is 25.1. The molecule has 2 atom stereocenters. The van der Waals surface area contributed by atoms with Crippen LogP contribution in [0.3, 0.4) is 0 Å². The molecule has 2 aliphatic heterocycles. The Balaban J connectivity index is 1.95. The van der Waals surface area contributed by atoms with E-state index in [9.17, 15) is 23.2 Å². The topological polar surface area (TPSA) is 145 Å². The molecule has 0 radical (unpaired) electrons. The Kier molecular flexibility index (Phi) is 4.18. The molecule has 0 aromatic carbocycles. The zero-order valence-electron chi connectivity index (χ0n) is 11.3. The summed E-state index contributed by atoms with van der Waals surface area (Å²) in [7, 11) is -3.80. The van der Waals surface area contributed by atoms with Crippen molar-refractivity contribution in [2.24, 2.45) is 5.14 Å². The molecule has 0 spiro atoms. The van der Waals surface area contributed by atoms with Crippen molar-refractivity contribution in [3.63, 3.8) is 0 Å². The van der Waals surface area contributed by atoms with Crippen molar-refractivity contribution in [1.29, 1.82) is 0 Å². The summed E-state index contributed by atoms with van der Waals surface area (Å²) in [6.45, 7) is 1.91. The number of carbonyl (C=O) groups excluding carboxylic acids is 2. The summed E-state index contributed by atoms with van der Waals surface area (Å²) in [6, 6.07) is -1.87. The second-order valence-corrected chi connectivity index (χ2v) is 6.27. The molecule has 2 rings (SSSR count). The highest BCUT2D eigenvalue weighted by Crippen LogP contribution is 2.27. The van der Waals surface area contributed by atoms with Crippen LogP contribution in [0.4, 0.5) is 4.79 Å². The van der Waals surface area contributed by atoms with Crippen molar-refractivity contribution in [3.8, 4) is 0 Å². The number of nitrogens with one attached hydrogen (secondary N) is 2. The van der Waals surface area contributed by atoms with Gasteiger partial charge in [-0.25, -0.2) is 14.7 Å². The van der Waals surface area contributed by atoms with Crippen molar-refractivity contribution < 1.29 is 23.2 Å². The Hall–Kier alpha value is -1.69. The van der Waals surface area contributed by atoms with E-state index in [0.717, 1.165) is 0 Å². The molecule has 118 valence electrons. The molecule has 0 unspecified atom stereocenters. The van der Waals surface area contributed by atoms with Crippen LogP contribution in [0.1, 0.15) is 6.92 Å². The van der Waals surface area contributed by atoms with Gasteiger partial charge in [-0.05, 0) is 12.5 Å². The Labute approximate surface area is 121 Å². The summed E-state index contributed by atoms with van der Waals surface area (Å²) < 4.78 is 23.4. The van der Waals surface area contributed by atoms with Gasteiger partial charge in [-0.1, -0.05) is 6.08 Å². The molecule has 2 heterocycles. The van der Waals surface area contributed by atoms with Crippen LogP contribution >= 0.6 is 0 Å². The number of hydrogen-bond donors (Lipinski definition) is 4. The van der Waals surface area contributed by atoms with Gasteiger partial charge in [-0.2, -0.15) is 13.5 Å². The van der Waals surface area contributed by atoms with E-state index in [1.807, 2.05) is 4.72 Å². The summed E-state index contributed by atoms with van der Waals surface area (Å²) in [4.78, 5) is 25.2. The molecule has 2 bridgehead atoms. The van der Waals surface area contributed by atoms with Crippen LogP contribution in [0.15, 0.2) is 11.6 Å². The first-order valence-electron chi connectivity index (χ1n) is 6.23. The van der Waals surface area contributed by atoms with Crippen molar-refractivity contribution in [1.82, 2.24) is 20.0 Å². The number of amides is 3. The van der Waals surface area contributed by atoms with Crippen LogP contribution < -0.4 is 15.2 Å². The van der Waals surface area contributed by atoms with Crippen LogP contribution in [0.2, 0.25) is 0 Å². The third kappa shape index (κ3) is 3.32. The Morgan fingerprint density at radius 1 is 1.52 bits per heavy atom. The van der Waals surface area contributed by atoms with Gasteiger partial charge in [0.25, 0.3) is 10.2 Å². The fourth-order valence-electron chi connectivity index (χ4n) is 2.43. The van der Waals surface area contributed by atoms with Crippen LogP contribution in [0.25, 0.3) is 0 Å². The molecule has 2 aliphatic rings. The first-order chi connectivity index (χ1) is 9.70. The number of nitrogens with two attached hydrogens (primary N) is 1. The summed E-state index contributed by atoms with van der Waals surface area (Å²) in [5, 5.41) is 17.4. The van der Waals surface area contributed by atoms with E-state index in [0.29, 0.717) is 10.6 Å². The lowest BCUT2D eigenvalue weighted by atomic mass is 10.00. The second-order valence-electron chi connectivity index (χ2n) is 4.89. The van der Waals surface area contributed by atoms with Gasteiger partial charge < -0.3 is 10.2 Å². The van der Waals surface area contributed by atoms with Gasteiger partial charge >= 0.3 is 6.03 Å². The number of rotatable bonds is 5. The summed E-state index contributed by atoms with van der Waals surface area (Å²) >= 11 is 0. The highest BCUT2D eigenvalue weighted by Gasteiger charge is 2.46. The molecule has 0 aliphatic carbocycles.